The van der Waals surface area contributed by atoms with Gasteiger partial charge in [-0.1, -0.05) is 60.7 Å². The molecular weight excluding hydrogens is 490 g/mol. The van der Waals surface area contributed by atoms with E-state index in [0.29, 0.717) is 31.7 Å². The first-order chi connectivity index (χ1) is 18.8. The van der Waals surface area contributed by atoms with Gasteiger partial charge in [0.15, 0.2) is 5.69 Å². The van der Waals surface area contributed by atoms with E-state index in [4.69, 9.17) is 9.72 Å². The van der Waals surface area contributed by atoms with Gasteiger partial charge in [-0.05, 0) is 52.1 Å². The van der Waals surface area contributed by atoms with Crippen molar-refractivity contribution < 1.29 is 14.3 Å². The largest absolute Gasteiger partial charge is 0.444 e. The molecule has 2 amide bonds. The molecule has 2 aliphatic heterocycles. The van der Waals surface area contributed by atoms with Crippen LogP contribution in [0.1, 0.15) is 55.7 Å². The Balaban J connectivity index is 1.47. The van der Waals surface area contributed by atoms with Gasteiger partial charge < -0.3 is 24.4 Å². The molecule has 3 aromatic rings. The van der Waals surface area contributed by atoms with E-state index >= 15 is 0 Å². The van der Waals surface area contributed by atoms with Crippen LogP contribution < -0.4 is 5.32 Å². The van der Waals surface area contributed by atoms with Crippen molar-refractivity contribution in [1.82, 2.24) is 24.7 Å². The highest BCUT2D eigenvalue weighted by Crippen LogP contribution is 2.31. The summed E-state index contributed by atoms with van der Waals surface area (Å²) in [6.45, 7) is 8.72. The number of amides is 2. The fourth-order valence-corrected chi connectivity index (χ4v) is 5.56. The number of aromatic nitrogens is 2. The Labute approximate surface area is 231 Å². The number of rotatable bonds is 5. The van der Waals surface area contributed by atoms with Crippen molar-refractivity contribution in [2.75, 3.05) is 32.7 Å². The SMILES string of the molecule is CC(C)(C)OC(=O)N1CCN(C(=O)c2ncn(C3CCCNC3)c2-c2ccccc2)[C@H](Cc2ccccc2)C1. The van der Waals surface area contributed by atoms with Crippen LogP contribution in [0, 0.1) is 0 Å². The molecule has 2 saturated heterocycles. The van der Waals surface area contributed by atoms with E-state index in [1.54, 1.807) is 4.90 Å². The molecule has 8 nitrogen and oxygen atoms in total. The molecule has 2 aliphatic rings. The van der Waals surface area contributed by atoms with Gasteiger partial charge >= 0.3 is 6.09 Å². The number of hydrogen-bond acceptors (Lipinski definition) is 5. The van der Waals surface area contributed by atoms with E-state index in [1.807, 2.05) is 80.5 Å². The van der Waals surface area contributed by atoms with Crippen molar-refractivity contribution in [2.24, 2.45) is 0 Å². The number of nitrogens with one attached hydrogen (secondary N) is 1. The van der Waals surface area contributed by atoms with Gasteiger partial charge in [0.1, 0.15) is 5.60 Å². The maximum absolute atomic E-state index is 14.3. The standard InChI is InChI=1S/C31H39N5O3/c1-31(2,3)39-30(38)34-17-18-35(26(21-34)19-23-11-6-4-7-12-23)29(37)27-28(24-13-8-5-9-14-24)36(22-33-27)25-15-10-16-32-20-25/h4-9,11-14,22,25-26,32H,10,15-21H2,1-3H3/t25?,26-/m1/s1. The first-order valence-electron chi connectivity index (χ1n) is 14.0. The minimum absolute atomic E-state index is 0.0962. The van der Waals surface area contributed by atoms with Crippen molar-refractivity contribution in [2.45, 2.75) is 57.7 Å². The van der Waals surface area contributed by atoms with Crippen LogP contribution in [-0.4, -0.2) is 75.7 Å². The van der Waals surface area contributed by atoms with Gasteiger partial charge in [0.25, 0.3) is 5.91 Å². The number of benzene rings is 2. The third-order valence-corrected chi connectivity index (χ3v) is 7.42. The summed E-state index contributed by atoms with van der Waals surface area (Å²) < 4.78 is 7.84. The molecule has 0 spiro atoms. The zero-order chi connectivity index (χ0) is 27.4. The predicted molar refractivity (Wildman–Crippen MR) is 152 cm³/mol. The first-order valence-corrected chi connectivity index (χ1v) is 14.0. The van der Waals surface area contributed by atoms with Crippen molar-refractivity contribution in [3.63, 3.8) is 0 Å². The zero-order valence-corrected chi connectivity index (χ0v) is 23.2. The average molecular weight is 530 g/mol. The van der Waals surface area contributed by atoms with Gasteiger partial charge in [0.05, 0.1) is 18.1 Å². The molecule has 39 heavy (non-hydrogen) atoms. The fraction of sp³-hybridized carbons (Fsp3) is 0.452. The lowest BCUT2D eigenvalue weighted by molar-refractivity contribution is 0.00429. The number of carbonyl (C=O) groups excluding carboxylic acids is 2. The number of imidazole rings is 1. The van der Waals surface area contributed by atoms with Gasteiger partial charge in [-0.25, -0.2) is 9.78 Å². The van der Waals surface area contributed by atoms with Crippen molar-refractivity contribution in [3.05, 3.63) is 78.2 Å². The Kier molecular flexibility index (Phi) is 8.02. The molecule has 0 bridgehead atoms. The molecule has 0 radical (unpaired) electrons. The molecule has 1 N–H and O–H groups in total. The summed E-state index contributed by atoms with van der Waals surface area (Å²) in [5.41, 5.74) is 2.85. The molecule has 8 heteroatoms. The van der Waals surface area contributed by atoms with E-state index in [2.05, 4.69) is 22.0 Å². The molecule has 1 aromatic heterocycles. The van der Waals surface area contributed by atoms with Gasteiger partial charge in [0.2, 0.25) is 0 Å². The highest BCUT2D eigenvalue weighted by molar-refractivity contribution is 5.98. The third-order valence-electron chi connectivity index (χ3n) is 7.42. The summed E-state index contributed by atoms with van der Waals surface area (Å²) in [5, 5.41) is 3.49. The number of piperazine rings is 1. The van der Waals surface area contributed by atoms with Gasteiger partial charge in [-0.3, -0.25) is 4.79 Å². The molecule has 1 unspecified atom stereocenters. The number of nitrogens with zero attached hydrogens (tertiary/aromatic N) is 4. The summed E-state index contributed by atoms with van der Waals surface area (Å²) >= 11 is 0. The second-order valence-corrected chi connectivity index (χ2v) is 11.5. The first kappa shape index (κ1) is 26.9. The van der Waals surface area contributed by atoms with Crippen LogP contribution in [0.5, 0.6) is 0 Å². The fourth-order valence-electron chi connectivity index (χ4n) is 5.56. The second kappa shape index (κ2) is 11.6. The van der Waals surface area contributed by atoms with Crippen LogP contribution >= 0.6 is 0 Å². The van der Waals surface area contributed by atoms with Crippen LogP contribution in [0.15, 0.2) is 67.0 Å². The number of ether oxygens (including phenoxy) is 1. The molecular formula is C31H39N5O3. The molecule has 3 heterocycles. The normalized spacial score (nSPS) is 20.1. The van der Waals surface area contributed by atoms with E-state index in [-0.39, 0.29) is 24.1 Å². The maximum atomic E-state index is 14.3. The second-order valence-electron chi connectivity index (χ2n) is 11.5. The smallest absolute Gasteiger partial charge is 0.410 e. The number of piperidine rings is 1. The summed E-state index contributed by atoms with van der Waals surface area (Å²) in [4.78, 5) is 35.6. The van der Waals surface area contributed by atoms with Crippen LogP contribution in [0.25, 0.3) is 11.3 Å². The molecule has 206 valence electrons. The van der Waals surface area contributed by atoms with Crippen LogP contribution in [0.2, 0.25) is 0 Å². The van der Waals surface area contributed by atoms with Crippen LogP contribution in [-0.2, 0) is 11.2 Å². The lowest BCUT2D eigenvalue weighted by atomic mass is 10.0. The highest BCUT2D eigenvalue weighted by atomic mass is 16.6. The molecule has 0 aliphatic carbocycles. The van der Waals surface area contributed by atoms with Crippen LogP contribution in [0.3, 0.4) is 0 Å². The Morgan fingerprint density at radius 1 is 1.03 bits per heavy atom. The summed E-state index contributed by atoms with van der Waals surface area (Å²) in [5.74, 6) is -0.0962. The van der Waals surface area contributed by atoms with E-state index < -0.39 is 5.60 Å². The zero-order valence-electron chi connectivity index (χ0n) is 23.2. The van der Waals surface area contributed by atoms with Gasteiger partial charge in [-0.15, -0.1) is 0 Å². The van der Waals surface area contributed by atoms with Gasteiger partial charge in [-0.2, -0.15) is 0 Å². The lowest BCUT2D eigenvalue weighted by Crippen LogP contribution is -2.58. The summed E-state index contributed by atoms with van der Waals surface area (Å²) in [6, 6.07) is 20.2. The Bertz CT molecular complexity index is 1260. The average Bonchev–Trinajstić information content (AvgIpc) is 3.39. The quantitative estimate of drug-likeness (QED) is 0.515. The number of carbonyl (C=O) groups is 2. The van der Waals surface area contributed by atoms with E-state index in [9.17, 15) is 9.59 Å². The maximum Gasteiger partial charge on any atom is 0.410 e. The third kappa shape index (κ3) is 6.33. The minimum atomic E-state index is -0.579. The van der Waals surface area contributed by atoms with Gasteiger partial charge in [0, 0.05) is 37.8 Å². The monoisotopic (exact) mass is 529 g/mol. The molecule has 2 aromatic carbocycles. The van der Waals surface area contributed by atoms with E-state index in [0.717, 1.165) is 42.8 Å². The number of hydrogen-bond donors (Lipinski definition) is 1. The molecule has 2 atom stereocenters. The topological polar surface area (TPSA) is 79.7 Å². The lowest BCUT2D eigenvalue weighted by Gasteiger charge is -2.41. The highest BCUT2D eigenvalue weighted by Gasteiger charge is 2.37. The molecule has 0 saturated carbocycles. The van der Waals surface area contributed by atoms with Crippen molar-refractivity contribution in [1.29, 1.82) is 0 Å². The minimum Gasteiger partial charge on any atom is -0.444 e. The predicted octanol–water partition coefficient (Wildman–Crippen LogP) is 4.78. The van der Waals surface area contributed by atoms with Crippen molar-refractivity contribution >= 4 is 12.0 Å². The Hall–Kier alpha value is -3.65. The summed E-state index contributed by atoms with van der Waals surface area (Å²) in [7, 11) is 0. The van der Waals surface area contributed by atoms with Crippen molar-refractivity contribution in [3.8, 4) is 11.3 Å². The Morgan fingerprint density at radius 3 is 2.41 bits per heavy atom. The summed E-state index contributed by atoms with van der Waals surface area (Å²) in [6.07, 6.45) is 4.26. The van der Waals surface area contributed by atoms with E-state index in [1.165, 1.54) is 0 Å². The Morgan fingerprint density at radius 2 is 1.74 bits per heavy atom. The molecule has 2 fully saturated rings. The van der Waals surface area contributed by atoms with Crippen LogP contribution in [0.4, 0.5) is 4.79 Å². The molecule has 5 rings (SSSR count).